The van der Waals surface area contributed by atoms with E-state index in [0.717, 1.165) is 30.6 Å². The lowest BCUT2D eigenvalue weighted by Crippen LogP contribution is -2.38. The highest BCUT2D eigenvalue weighted by Crippen LogP contribution is 2.21. The molecule has 1 atom stereocenters. The molecular formula is C17H24N2O2. The van der Waals surface area contributed by atoms with E-state index in [1.165, 1.54) is 24.8 Å². The second-order valence-corrected chi connectivity index (χ2v) is 6.14. The summed E-state index contributed by atoms with van der Waals surface area (Å²) in [5.41, 5.74) is 3.14. The predicted molar refractivity (Wildman–Crippen MR) is 82.2 cm³/mol. The summed E-state index contributed by atoms with van der Waals surface area (Å²) in [6, 6.07) is 6.50. The van der Waals surface area contributed by atoms with Crippen molar-refractivity contribution in [1.29, 1.82) is 0 Å². The van der Waals surface area contributed by atoms with E-state index in [1.807, 2.05) is 30.1 Å². The Bertz CT molecular complexity index is 510. The van der Waals surface area contributed by atoms with Crippen LogP contribution in [0.3, 0.4) is 0 Å². The highest BCUT2D eigenvalue weighted by Gasteiger charge is 2.18. The molecular weight excluding hydrogens is 264 g/mol. The lowest BCUT2D eigenvalue weighted by atomic mass is 10.0. The van der Waals surface area contributed by atoms with Crippen LogP contribution >= 0.6 is 0 Å². The summed E-state index contributed by atoms with van der Waals surface area (Å²) in [6.45, 7) is 3.23. The second kappa shape index (κ2) is 6.58. The van der Waals surface area contributed by atoms with Crippen molar-refractivity contribution in [2.45, 2.75) is 44.9 Å². The summed E-state index contributed by atoms with van der Waals surface area (Å²) in [6.07, 6.45) is 4.86. The first-order chi connectivity index (χ1) is 10.2. The van der Waals surface area contributed by atoms with Crippen molar-refractivity contribution < 1.29 is 9.53 Å². The Morgan fingerprint density at radius 1 is 1.33 bits per heavy atom. The molecule has 1 N–H and O–H groups in total. The summed E-state index contributed by atoms with van der Waals surface area (Å²) < 4.78 is 5.40. The maximum atomic E-state index is 12.5. The monoisotopic (exact) mass is 288 g/mol. The standard InChI is InChI=1S/C17H24N2O2/c1-19(9-7-16-4-2-3-8-18-16)17(20)13-5-6-14-11-21-12-15(14)10-13/h5-6,10,16,18H,2-4,7-9,11-12H2,1H3. The van der Waals surface area contributed by atoms with Crippen LogP contribution in [0.4, 0.5) is 0 Å². The second-order valence-electron chi connectivity index (χ2n) is 6.14. The van der Waals surface area contributed by atoms with Crippen molar-refractivity contribution in [3.63, 3.8) is 0 Å². The van der Waals surface area contributed by atoms with Crippen LogP contribution in [0.1, 0.15) is 47.2 Å². The Hall–Kier alpha value is -1.39. The minimum absolute atomic E-state index is 0.112. The maximum Gasteiger partial charge on any atom is 0.253 e. The number of piperidine rings is 1. The smallest absolute Gasteiger partial charge is 0.253 e. The van der Waals surface area contributed by atoms with E-state index >= 15 is 0 Å². The van der Waals surface area contributed by atoms with Crippen LogP contribution in [0.15, 0.2) is 18.2 Å². The molecule has 1 amide bonds. The molecule has 114 valence electrons. The van der Waals surface area contributed by atoms with Crippen LogP contribution in [-0.2, 0) is 18.0 Å². The van der Waals surface area contributed by atoms with E-state index in [1.54, 1.807) is 0 Å². The van der Waals surface area contributed by atoms with Crippen LogP contribution < -0.4 is 5.32 Å². The van der Waals surface area contributed by atoms with Gasteiger partial charge in [-0.2, -0.15) is 0 Å². The van der Waals surface area contributed by atoms with Gasteiger partial charge in [0.25, 0.3) is 5.91 Å². The lowest BCUT2D eigenvalue weighted by Gasteiger charge is -2.26. The van der Waals surface area contributed by atoms with Gasteiger partial charge >= 0.3 is 0 Å². The Labute approximate surface area is 126 Å². The average Bonchev–Trinajstić information content (AvgIpc) is 3.00. The molecule has 1 aromatic rings. The fourth-order valence-electron chi connectivity index (χ4n) is 3.15. The Morgan fingerprint density at radius 2 is 2.19 bits per heavy atom. The number of hydrogen-bond acceptors (Lipinski definition) is 3. The summed E-state index contributed by atoms with van der Waals surface area (Å²) in [5.74, 6) is 0.112. The van der Waals surface area contributed by atoms with Gasteiger partial charge in [0.1, 0.15) is 0 Å². The summed E-state index contributed by atoms with van der Waals surface area (Å²) in [5, 5.41) is 3.53. The molecule has 2 aliphatic heterocycles. The van der Waals surface area contributed by atoms with Gasteiger partial charge in [-0.15, -0.1) is 0 Å². The zero-order valence-corrected chi connectivity index (χ0v) is 12.7. The highest BCUT2D eigenvalue weighted by atomic mass is 16.5. The van der Waals surface area contributed by atoms with E-state index in [0.29, 0.717) is 19.3 Å². The number of nitrogens with one attached hydrogen (secondary N) is 1. The summed E-state index contributed by atoms with van der Waals surface area (Å²) in [4.78, 5) is 14.3. The predicted octanol–water partition coefficient (Wildman–Crippen LogP) is 2.32. The largest absolute Gasteiger partial charge is 0.372 e. The van der Waals surface area contributed by atoms with Crippen molar-refractivity contribution in [3.8, 4) is 0 Å². The van der Waals surface area contributed by atoms with E-state index in [2.05, 4.69) is 5.32 Å². The zero-order chi connectivity index (χ0) is 14.7. The van der Waals surface area contributed by atoms with E-state index in [4.69, 9.17) is 4.74 Å². The maximum absolute atomic E-state index is 12.5. The third-order valence-electron chi connectivity index (χ3n) is 4.54. The van der Waals surface area contributed by atoms with Crippen molar-refractivity contribution in [1.82, 2.24) is 10.2 Å². The highest BCUT2D eigenvalue weighted by molar-refractivity contribution is 5.94. The molecule has 3 rings (SSSR count). The van der Waals surface area contributed by atoms with Gasteiger partial charge in [0.2, 0.25) is 0 Å². The van der Waals surface area contributed by atoms with Gasteiger partial charge < -0.3 is 15.0 Å². The van der Waals surface area contributed by atoms with Gasteiger partial charge in [-0.05, 0) is 49.1 Å². The van der Waals surface area contributed by atoms with Crippen molar-refractivity contribution in [2.75, 3.05) is 20.1 Å². The summed E-state index contributed by atoms with van der Waals surface area (Å²) in [7, 11) is 1.90. The van der Waals surface area contributed by atoms with Crippen molar-refractivity contribution >= 4 is 5.91 Å². The number of carbonyl (C=O) groups is 1. The first-order valence-corrected chi connectivity index (χ1v) is 7.92. The van der Waals surface area contributed by atoms with Crippen LogP contribution in [-0.4, -0.2) is 37.0 Å². The van der Waals surface area contributed by atoms with Crippen LogP contribution in [0.2, 0.25) is 0 Å². The number of amides is 1. The summed E-state index contributed by atoms with van der Waals surface area (Å²) >= 11 is 0. The zero-order valence-electron chi connectivity index (χ0n) is 12.7. The minimum Gasteiger partial charge on any atom is -0.372 e. The number of fused-ring (bicyclic) bond motifs is 1. The third-order valence-corrected chi connectivity index (χ3v) is 4.54. The van der Waals surface area contributed by atoms with Crippen LogP contribution in [0, 0.1) is 0 Å². The molecule has 4 nitrogen and oxygen atoms in total. The molecule has 1 fully saturated rings. The van der Waals surface area contributed by atoms with E-state index in [-0.39, 0.29) is 5.91 Å². The number of nitrogens with zero attached hydrogens (tertiary/aromatic N) is 1. The van der Waals surface area contributed by atoms with Crippen molar-refractivity contribution in [2.24, 2.45) is 0 Å². The van der Waals surface area contributed by atoms with Gasteiger partial charge in [-0.3, -0.25) is 4.79 Å². The van der Waals surface area contributed by atoms with Crippen LogP contribution in [0.25, 0.3) is 0 Å². The molecule has 4 heteroatoms. The molecule has 2 heterocycles. The molecule has 1 aromatic carbocycles. The molecule has 0 aromatic heterocycles. The molecule has 0 bridgehead atoms. The average molecular weight is 288 g/mol. The van der Waals surface area contributed by atoms with Gasteiger partial charge in [0, 0.05) is 25.2 Å². The third kappa shape index (κ3) is 3.44. The first-order valence-electron chi connectivity index (χ1n) is 7.92. The number of rotatable bonds is 4. The Balaban J connectivity index is 1.56. The number of carbonyl (C=O) groups excluding carboxylic acids is 1. The number of benzene rings is 1. The quantitative estimate of drug-likeness (QED) is 0.924. The molecule has 1 saturated heterocycles. The van der Waals surface area contributed by atoms with Gasteiger partial charge in [0.15, 0.2) is 0 Å². The molecule has 21 heavy (non-hydrogen) atoms. The van der Waals surface area contributed by atoms with Gasteiger partial charge in [-0.1, -0.05) is 12.5 Å². The van der Waals surface area contributed by atoms with E-state index < -0.39 is 0 Å². The van der Waals surface area contributed by atoms with E-state index in [9.17, 15) is 4.79 Å². The number of hydrogen-bond donors (Lipinski definition) is 1. The Kier molecular flexibility index (Phi) is 4.56. The van der Waals surface area contributed by atoms with Crippen molar-refractivity contribution in [3.05, 3.63) is 34.9 Å². The van der Waals surface area contributed by atoms with Gasteiger partial charge in [-0.25, -0.2) is 0 Å². The van der Waals surface area contributed by atoms with Gasteiger partial charge in [0.05, 0.1) is 13.2 Å². The first kappa shape index (κ1) is 14.5. The molecule has 0 radical (unpaired) electrons. The SMILES string of the molecule is CN(CCC1CCCCN1)C(=O)c1ccc2c(c1)COC2. The van der Waals surface area contributed by atoms with Crippen LogP contribution in [0.5, 0.6) is 0 Å². The fourth-order valence-corrected chi connectivity index (χ4v) is 3.15. The molecule has 2 aliphatic rings. The minimum atomic E-state index is 0.112. The number of ether oxygens (including phenoxy) is 1. The fraction of sp³-hybridized carbons (Fsp3) is 0.588. The lowest BCUT2D eigenvalue weighted by molar-refractivity contribution is 0.0788. The molecule has 0 saturated carbocycles. The molecule has 0 spiro atoms. The topological polar surface area (TPSA) is 41.6 Å². The molecule has 0 aliphatic carbocycles. The Morgan fingerprint density at radius 3 is 3.00 bits per heavy atom. The normalized spacial score (nSPS) is 21.1. The molecule has 1 unspecified atom stereocenters.